The largest absolute Gasteiger partial charge is 0.494 e. The molecule has 1 aromatic heterocycles. The summed E-state index contributed by atoms with van der Waals surface area (Å²) in [6.45, 7) is 3.09. The summed E-state index contributed by atoms with van der Waals surface area (Å²) in [6.07, 6.45) is 10.6. The zero-order valence-corrected chi connectivity index (χ0v) is 16.0. The lowest BCUT2D eigenvalue weighted by Gasteiger charge is -2.07. The van der Waals surface area contributed by atoms with Crippen molar-refractivity contribution in [2.45, 2.75) is 58.3 Å². The smallest absolute Gasteiger partial charge is 0.119 e. The van der Waals surface area contributed by atoms with E-state index in [-0.39, 0.29) is 0 Å². The maximum atomic E-state index is 5.89. The predicted molar refractivity (Wildman–Crippen MR) is 112 cm³/mol. The Kier molecular flexibility index (Phi) is 7.18. The van der Waals surface area contributed by atoms with Gasteiger partial charge in [-0.15, -0.1) is 0 Å². The molecule has 0 radical (unpaired) electrons. The number of H-pyrrole nitrogens is 1. The van der Waals surface area contributed by atoms with Crippen LogP contribution in [0, 0.1) is 0 Å². The van der Waals surface area contributed by atoms with Gasteiger partial charge in [-0.05, 0) is 48.4 Å². The highest BCUT2D eigenvalue weighted by Gasteiger charge is 2.03. The average molecular weight is 350 g/mol. The van der Waals surface area contributed by atoms with Crippen molar-refractivity contribution >= 4 is 10.9 Å². The van der Waals surface area contributed by atoms with Crippen LogP contribution in [0.5, 0.6) is 5.75 Å². The minimum atomic E-state index is 0.820. The number of benzene rings is 2. The van der Waals surface area contributed by atoms with Gasteiger partial charge in [-0.1, -0.05) is 70.1 Å². The molecule has 138 valence electrons. The fourth-order valence-electron chi connectivity index (χ4n) is 3.39. The highest BCUT2D eigenvalue weighted by atomic mass is 16.5. The molecule has 0 aliphatic carbocycles. The molecule has 0 saturated heterocycles. The quantitative estimate of drug-likeness (QED) is 0.359. The topological polar surface area (TPSA) is 25.0 Å². The van der Waals surface area contributed by atoms with E-state index < -0.39 is 0 Å². The van der Waals surface area contributed by atoms with Crippen molar-refractivity contribution in [1.82, 2.24) is 4.98 Å². The van der Waals surface area contributed by atoms with Gasteiger partial charge in [0.05, 0.1) is 6.61 Å². The van der Waals surface area contributed by atoms with Crippen molar-refractivity contribution in [1.29, 1.82) is 0 Å². The van der Waals surface area contributed by atoms with E-state index in [1.54, 1.807) is 0 Å². The molecule has 3 rings (SSSR count). The van der Waals surface area contributed by atoms with Crippen molar-refractivity contribution in [2.24, 2.45) is 0 Å². The number of fused-ring (bicyclic) bond motifs is 1. The molecule has 1 N–H and O–H groups in total. The first-order chi connectivity index (χ1) is 12.9. The normalized spacial score (nSPS) is 11.1. The first kappa shape index (κ1) is 18.6. The Balaban J connectivity index is 1.39. The van der Waals surface area contributed by atoms with Gasteiger partial charge < -0.3 is 9.72 Å². The van der Waals surface area contributed by atoms with Crippen LogP contribution in [-0.2, 0) is 0 Å². The summed E-state index contributed by atoms with van der Waals surface area (Å²) in [5.41, 5.74) is 3.53. The minimum Gasteiger partial charge on any atom is -0.494 e. The molecule has 1 heterocycles. The molecule has 2 nitrogen and oxygen atoms in total. The van der Waals surface area contributed by atoms with Crippen LogP contribution in [-0.4, -0.2) is 11.6 Å². The standard InChI is InChI=1S/C24H31NO/c1-2-3-4-5-6-7-8-11-18-26-22-16-14-20(15-17-22)24-19-21-12-9-10-13-23(21)25-24/h9-10,12-17,19,25H,2-8,11,18H2,1H3. The Morgan fingerprint density at radius 3 is 2.19 bits per heavy atom. The summed E-state index contributed by atoms with van der Waals surface area (Å²) in [5, 5.41) is 1.25. The van der Waals surface area contributed by atoms with Crippen LogP contribution >= 0.6 is 0 Å². The number of unbranched alkanes of at least 4 members (excludes halogenated alkanes) is 7. The molecule has 3 aromatic rings. The Labute approximate surface area is 157 Å². The summed E-state index contributed by atoms with van der Waals surface area (Å²) in [5.74, 6) is 0.966. The first-order valence-corrected chi connectivity index (χ1v) is 10.2. The lowest BCUT2D eigenvalue weighted by atomic mass is 10.1. The van der Waals surface area contributed by atoms with Crippen LogP contribution in [0.2, 0.25) is 0 Å². The van der Waals surface area contributed by atoms with Crippen molar-refractivity contribution < 1.29 is 4.74 Å². The van der Waals surface area contributed by atoms with E-state index in [1.807, 2.05) is 0 Å². The highest BCUT2D eigenvalue weighted by molar-refractivity contribution is 5.85. The van der Waals surface area contributed by atoms with Gasteiger partial charge in [0, 0.05) is 16.6 Å². The van der Waals surface area contributed by atoms with Crippen LogP contribution in [0.1, 0.15) is 58.3 Å². The Bertz CT molecular complexity index is 739. The molecule has 26 heavy (non-hydrogen) atoms. The van der Waals surface area contributed by atoms with Gasteiger partial charge in [0.15, 0.2) is 0 Å². The zero-order valence-electron chi connectivity index (χ0n) is 16.0. The molecule has 0 bridgehead atoms. The molecule has 0 amide bonds. The number of para-hydroxylation sites is 1. The van der Waals surface area contributed by atoms with Gasteiger partial charge in [-0.3, -0.25) is 0 Å². The summed E-state index contributed by atoms with van der Waals surface area (Å²) >= 11 is 0. The van der Waals surface area contributed by atoms with Gasteiger partial charge in [0.25, 0.3) is 0 Å². The number of nitrogens with one attached hydrogen (secondary N) is 1. The average Bonchev–Trinajstić information content (AvgIpc) is 3.11. The third-order valence-corrected chi connectivity index (χ3v) is 4.96. The molecule has 0 aliphatic rings. The molecule has 2 heteroatoms. The summed E-state index contributed by atoms with van der Waals surface area (Å²) in [7, 11) is 0. The van der Waals surface area contributed by atoms with E-state index in [2.05, 4.69) is 66.5 Å². The first-order valence-electron chi connectivity index (χ1n) is 10.2. The molecule has 0 fully saturated rings. The maximum absolute atomic E-state index is 5.89. The molecule has 0 spiro atoms. The Morgan fingerprint density at radius 1 is 0.769 bits per heavy atom. The van der Waals surface area contributed by atoms with Crippen molar-refractivity contribution in [2.75, 3.05) is 6.61 Å². The summed E-state index contributed by atoms with van der Waals surface area (Å²) in [4.78, 5) is 3.47. The van der Waals surface area contributed by atoms with E-state index in [0.29, 0.717) is 0 Å². The fourth-order valence-corrected chi connectivity index (χ4v) is 3.39. The minimum absolute atomic E-state index is 0.820. The second kappa shape index (κ2) is 10.1. The molecule has 0 saturated carbocycles. The number of hydrogen-bond acceptors (Lipinski definition) is 1. The number of aromatic nitrogens is 1. The third kappa shape index (κ3) is 5.39. The van der Waals surface area contributed by atoms with Gasteiger partial charge in [0.1, 0.15) is 5.75 Å². The molecule has 0 atom stereocenters. The van der Waals surface area contributed by atoms with E-state index >= 15 is 0 Å². The number of rotatable bonds is 11. The zero-order chi connectivity index (χ0) is 18.0. The van der Waals surface area contributed by atoms with E-state index in [4.69, 9.17) is 4.74 Å². The Hall–Kier alpha value is -2.22. The SMILES string of the molecule is CCCCCCCCCCOc1ccc(-c2cc3ccccc3[nH]2)cc1. The van der Waals surface area contributed by atoms with Crippen molar-refractivity contribution in [3.05, 3.63) is 54.6 Å². The number of aromatic amines is 1. The van der Waals surface area contributed by atoms with Crippen LogP contribution in [0.3, 0.4) is 0 Å². The summed E-state index contributed by atoms with van der Waals surface area (Å²) < 4.78 is 5.89. The summed E-state index contributed by atoms with van der Waals surface area (Å²) in [6, 6.07) is 19.0. The molecule has 0 unspecified atom stereocenters. The van der Waals surface area contributed by atoms with E-state index in [9.17, 15) is 0 Å². The van der Waals surface area contributed by atoms with Crippen LogP contribution in [0.4, 0.5) is 0 Å². The van der Waals surface area contributed by atoms with Gasteiger partial charge in [-0.2, -0.15) is 0 Å². The lowest BCUT2D eigenvalue weighted by Crippen LogP contribution is -1.97. The van der Waals surface area contributed by atoms with Crippen molar-refractivity contribution in [3.8, 4) is 17.0 Å². The Morgan fingerprint density at radius 2 is 1.46 bits per heavy atom. The maximum Gasteiger partial charge on any atom is 0.119 e. The predicted octanol–water partition coefficient (Wildman–Crippen LogP) is 7.35. The second-order valence-corrected chi connectivity index (χ2v) is 7.12. The molecular weight excluding hydrogens is 318 g/mol. The van der Waals surface area contributed by atoms with Gasteiger partial charge >= 0.3 is 0 Å². The molecular formula is C24H31NO. The van der Waals surface area contributed by atoms with Gasteiger partial charge in [0.2, 0.25) is 0 Å². The number of hydrogen-bond donors (Lipinski definition) is 1. The second-order valence-electron chi connectivity index (χ2n) is 7.12. The molecule has 2 aromatic carbocycles. The lowest BCUT2D eigenvalue weighted by molar-refractivity contribution is 0.304. The third-order valence-electron chi connectivity index (χ3n) is 4.96. The molecule has 0 aliphatic heterocycles. The van der Waals surface area contributed by atoms with Crippen LogP contribution in [0.15, 0.2) is 54.6 Å². The monoisotopic (exact) mass is 349 g/mol. The number of ether oxygens (including phenoxy) is 1. The van der Waals surface area contributed by atoms with Crippen LogP contribution in [0.25, 0.3) is 22.2 Å². The highest BCUT2D eigenvalue weighted by Crippen LogP contribution is 2.25. The fraction of sp³-hybridized carbons (Fsp3) is 0.417. The van der Waals surface area contributed by atoms with Crippen LogP contribution < -0.4 is 4.74 Å². The van der Waals surface area contributed by atoms with E-state index in [1.165, 1.54) is 61.4 Å². The van der Waals surface area contributed by atoms with Crippen molar-refractivity contribution in [3.63, 3.8) is 0 Å². The van der Waals surface area contributed by atoms with E-state index in [0.717, 1.165) is 24.5 Å². The van der Waals surface area contributed by atoms with Gasteiger partial charge in [-0.25, -0.2) is 0 Å².